The van der Waals surface area contributed by atoms with Crippen molar-refractivity contribution in [3.63, 3.8) is 0 Å². The summed E-state index contributed by atoms with van der Waals surface area (Å²) in [5, 5.41) is 0. The molecule has 2 aromatic rings. The quantitative estimate of drug-likeness (QED) is 0.742. The lowest BCUT2D eigenvalue weighted by Gasteiger charge is -2.07. The van der Waals surface area contributed by atoms with Crippen molar-refractivity contribution < 1.29 is 4.39 Å². The maximum Gasteiger partial charge on any atom is 0.264 e. The number of aryl methyl sites for hydroxylation is 1. The van der Waals surface area contributed by atoms with Crippen molar-refractivity contribution in [1.82, 2.24) is 9.97 Å². The Morgan fingerprint density at radius 3 is 2.84 bits per heavy atom. The van der Waals surface area contributed by atoms with Gasteiger partial charge in [0.15, 0.2) is 0 Å². The zero-order chi connectivity index (χ0) is 14.0. The topological polar surface area (TPSA) is 45.8 Å². The molecule has 6 heteroatoms. The van der Waals surface area contributed by atoms with E-state index in [0.717, 1.165) is 18.5 Å². The van der Waals surface area contributed by atoms with Crippen LogP contribution in [0.15, 0.2) is 27.5 Å². The van der Waals surface area contributed by atoms with Gasteiger partial charge in [0, 0.05) is 10.0 Å². The lowest BCUT2D eigenvalue weighted by Crippen LogP contribution is -2.16. The molecule has 1 heterocycles. The van der Waals surface area contributed by atoms with E-state index in [1.165, 1.54) is 12.1 Å². The summed E-state index contributed by atoms with van der Waals surface area (Å²) >= 11 is 5.29. The Kier molecular flexibility index (Phi) is 4.72. The molecule has 0 unspecified atom stereocenters. The fourth-order valence-corrected chi connectivity index (χ4v) is 2.78. The number of nitrogens with one attached hydrogen (secondary N) is 1. The fraction of sp³-hybridized carbons (Fsp3) is 0.231. The van der Waals surface area contributed by atoms with E-state index in [-0.39, 0.29) is 11.4 Å². The van der Waals surface area contributed by atoms with Gasteiger partial charge in [-0.1, -0.05) is 13.3 Å². The SMILES string of the molecule is CCCc1nc(-c2ccc(F)cc2Br)[nH]c(=O)c1I. The van der Waals surface area contributed by atoms with Gasteiger partial charge in [-0.25, -0.2) is 9.37 Å². The Labute approximate surface area is 131 Å². The van der Waals surface area contributed by atoms with Crippen LogP contribution < -0.4 is 5.56 Å². The molecule has 19 heavy (non-hydrogen) atoms. The van der Waals surface area contributed by atoms with E-state index in [0.29, 0.717) is 19.4 Å². The number of nitrogens with zero attached hydrogens (tertiary/aromatic N) is 1. The minimum atomic E-state index is -0.336. The van der Waals surface area contributed by atoms with Gasteiger partial charge in [0.2, 0.25) is 0 Å². The molecule has 0 radical (unpaired) electrons. The predicted octanol–water partition coefficient (Wildman–Crippen LogP) is 3.90. The third-order valence-corrected chi connectivity index (χ3v) is 4.37. The zero-order valence-electron chi connectivity index (χ0n) is 10.1. The van der Waals surface area contributed by atoms with Crippen molar-refractivity contribution in [2.24, 2.45) is 0 Å². The third kappa shape index (κ3) is 3.22. The highest BCUT2D eigenvalue weighted by Crippen LogP contribution is 2.26. The van der Waals surface area contributed by atoms with Crippen molar-refractivity contribution in [3.05, 3.63) is 48.1 Å². The van der Waals surface area contributed by atoms with Crippen molar-refractivity contribution >= 4 is 38.5 Å². The smallest absolute Gasteiger partial charge is 0.264 e. The second-order valence-corrected chi connectivity index (χ2v) is 5.98. The lowest BCUT2D eigenvalue weighted by molar-refractivity contribution is 0.627. The molecule has 0 aliphatic carbocycles. The number of H-pyrrole nitrogens is 1. The molecule has 1 N–H and O–H groups in total. The number of aromatic amines is 1. The van der Waals surface area contributed by atoms with E-state index in [9.17, 15) is 9.18 Å². The Bertz CT molecular complexity index is 672. The van der Waals surface area contributed by atoms with Gasteiger partial charge in [0.25, 0.3) is 5.56 Å². The van der Waals surface area contributed by atoms with Crippen LogP contribution in [-0.2, 0) is 6.42 Å². The number of hydrogen-bond acceptors (Lipinski definition) is 2. The summed E-state index contributed by atoms with van der Waals surface area (Å²) in [4.78, 5) is 19.1. The van der Waals surface area contributed by atoms with E-state index < -0.39 is 0 Å². The Morgan fingerprint density at radius 2 is 2.21 bits per heavy atom. The monoisotopic (exact) mass is 436 g/mol. The van der Waals surface area contributed by atoms with Crippen LogP contribution in [0, 0.1) is 9.39 Å². The molecule has 0 fully saturated rings. The maximum absolute atomic E-state index is 13.1. The van der Waals surface area contributed by atoms with E-state index in [4.69, 9.17) is 0 Å². The highest BCUT2D eigenvalue weighted by molar-refractivity contribution is 14.1. The average Bonchev–Trinajstić information content (AvgIpc) is 2.35. The summed E-state index contributed by atoms with van der Waals surface area (Å²) in [6.45, 7) is 2.03. The summed E-state index contributed by atoms with van der Waals surface area (Å²) in [7, 11) is 0. The standard InChI is InChI=1S/C13H11BrFIN2O/c1-2-3-10-11(16)13(19)18-12(17-10)8-5-4-7(15)6-9(8)14/h4-6H,2-3H2,1H3,(H,17,18,19). The van der Waals surface area contributed by atoms with Gasteiger partial charge in [-0.2, -0.15) is 0 Å². The fourth-order valence-electron chi connectivity index (χ4n) is 1.72. The number of rotatable bonds is 3. The minimum absolute atomic E-state index is 0.162. The largest absolute Gasteiger partial charge is 0.306 e. The van der Waals surface area contributed by atoms with E-state index >= 15 is 0 Å². The summed E-state index contributed by atoms with van der Waals surface area (Å²) in [6, 6.07) is 4.30. The molecule has 1 aromatic carbocycles. The number of benzene rings is 1. The van der Waals surface area contributed by atoms with Gasteiger partial charge >= 0.3 is 0 Å². The van der Waals surface area contributed by atoms with Gasteiger partial charge in [-0.3, -0.25) is 4.79 Å². The van der Waals surface area contributed by atoms with Crippen LogP contribution in [0.3, 0.4) is 0 Å². The van der Waals surface area contributed by atoms with Gasteiger partial charge in [0.05, 0.1) is 9.26 Å². The molecule has 0 amide bonds. The summed E-state index contributed by atoms with van der Waals surface area (Å²) in [5.74, 6) is 0.123. The Balaban J connectivity index is 2.59. The first-order valence-corrected chi connectivity index (χ1v) is 7.64. The van der Waals surface area contributed by atoms with Crippen LogP contribution in [0.2, 0.25) is 0 Å². The molecule has 1 aromatic heterocycles. The molecular weight excluding hydrogens is 426 g/mol. The van der Waals surface area contributed by atoms with E-state index in [1.54, 1.807) is 6.07 Å². The highest BCUT2D eigenvalue weighted by Gasteiger charge is 2.12. The van der Waals surface area contributed by atoms with Crippen molar-refractivity contribution in [3.8, 4) is 11.4 Å². The Morgan fingerprint density at radius 1 is 1.47 bits per heavy atom. The van der Waals surface area contributed by atoms with Gasteiger partial charge < -0.3 is 4.98 Å². The first kappa shape index (κ1) is 14.6. The molecule has 0 aliphatic heterocycles. The lowest BCUT2D eigenvalue weighted by atomic mass is 10.2. The van der Waals surface area contributed by atoms with Crippen molar-refractivity contribution in [2.45, 2.75) is 19.8 Å². The molecule has 0 aliphatic rings. The molecule has 3 nitrogen and oxygen atoms in total. The normalized spacial score (nSPS) is 10.7. The van der Waals surface area contributed by atoms with Crippen LogP contribution in [0.5, 0.6) is 0 Å². The van der Waals surface area contributed by atoms with Crippen LogP contribution in [-0.4, -0.2) is 9.97 Å². The maximum atomic E-state index is 13.1. The average molecular weight is 437 g/mol. The Hall–Kier alpha value is -0.760. The van der Waals surface area contributed by atoms with Crippen LogP contribution in [0.25, 0.3) is 11.4 Å². The van der Waals surface area contributed by atoms with E-state index in [1.807, 2.05) is 29.5 Å². The van der Waals surface area contributed by atoms with E-state index in [2.05, 4.69) is 25.9 Å². The molecule has 100 valence electrons. The molecule has 0 saturated heterocycles. The van der Waals surface area contributed by atoms with Gasteiger partial charge in [-0.05, 0) is 63.1 Å². The second kappa shape index (κ2) is 6.13. The first-order valence-electron chi connectivity index (χ1n) is 5.77. The minimum Gasteiger partial charge on any atom is -0.306 e. The zero-order valence-corrected chi connectivity index (χ0v) is 13.9. The molecule has 0 atom stereocenters. The van der Waals surface area contributed by atoms with Crippen molar-refractivity contribution in [2.75, 3.05) is 0 Å². The van der Waals surface area contributed by atoms with Gasteiger partial charge in [-0.15, -0.1) is 0 Å². The van der Waals surface area contributed by atoms with Crippen molar-refractivity contribution in [1.29, 1.82) is 0 Å². The van der Waals surface area contributed by atoms with Crippen LogP contribution >= 0.6 is 38.5 Å². The molecular formula is C13H11BrFIN2O. The number of hydrogen-bond donors (Lipinski definition) is 1. The molecule has 0 saturated carbocycles. The van der Waals surface area contributed by atoms with Crippen LogP contribution in [0.1, 0.15) is 19.0 Å². The molecule has 0 bridgehead atoms. The molecule has 2 rings (SSSR count). The van der Waals surface area contributed by atoms with Gasteiger partial charge in [0.1, 0.15) is 11.6 Å². The highest BCUT2D eigenvalue weighted by atomic mass is 127. The number of aromatic nitrogens is 2. The van der Waals surface area contributed by atoms with Crippen LogP contribution in [0.4, 0.5) is 4.39 Å². The number of halogens is 3. The summed E-state index contributed by atoms with van der Waals surface area (Å²) in [6.07, 6.45) is 1.66. The summed E-state index contributed by atoms with van der Waals surface area (Å²) < 4.78 is 14.3. The second-order valence-electron chi connectivity index (χ2n) is 4.05. The molecule has 0 spiro atoms. The predicted molar refractivity (Wildman–Crippen MR) is 84.7 cm³/mol. The summed E-state index contributed by atoms with van der Waals surface area (Å²) in [5.41, 5.74) is 1.29. The first-order chi connectivity index (χ1) is 9.02. The third-order valence-electron chi connectivity index (χ3n) is 2.60.